The van der Waals surface area contributed by atoms with Crippen LogP contribution in [-0.4, -0.2) is 29.8 Å². The molecule has 0 aliphatic heterocycles. The van der Waals surface area contributed by atoms with E-state index in [0.717, 1.165) is 5.69 Å². The van der Waals surface area contributed by atoms with E-state index in [-0.39, 0.29) is 17.3 Å². The first-order valence-electron chi connectivity index (χ1n) is 8.59. The first kappa shape index (κ1) is 18.9. The molecule has 0 aliphatic rings. The van der Waals surface area contributed by atoms with Gasteiger partial charge in [0.2, 0.25) is 0 Å². The summed E-state index contributed by atoms with van der Waals surface area (Å²) in [5, 5.41) is 8.72. The highest BCUT2D eigenvalue weighted by Crippen LogP contribution is 2.28. The van der Waals surface area contributed by atoms with Gasteiger partial charge in [-0.15, -0.1) is 0 Å². The minimum absolute atomic E-state index is 0.169. The number of aromatic nitrogens is 2. The fraction of sp³-hybridized carbons (Fsp3) is 0.250. The number of carbonyl (C=O) groups is 1. The maximum Gasteiger partial charge on any atom is 0.276 e. The molecule has 140 valence electrons. The third kappa shape index (κ3) is 3.66. The SMILES string of the molecule is CC(C)n1nc(C(=O)Nc2cc(Cl)ccc2N(C)C)c2ccccc2c1=O. The summed E-state index contributed by atoms with van der Waals surface area (Å²) in [6.07, 6.45) is 0. The van der Waals surface area contributed by atoms with Crippen LogP contribution in [0.2, 0.25) is 5.02 Å². The standard InChI is InChI=1S/C20H21ClN4O2/c1-12(2)25-20(27)15-8-6-5-7-14(15)18(23-25)19(26)22-16-11-13(21)9-10-17(16)24(3)4/h5-12H,1-4H3,(H,22,26). The van der Waals surface area contributed by atoms with Crippen molar-refractivity contribution >= 4 is 39.7 Å². The van der Waals surface area contributed by atoms with E-state index in [1.54, 1.807) is 36.4 Å². The highest BCUT2D eigenvalue weighted by molar-refractivity contribution is 6.31. The third-order valence-corrected chi connectivity index (χ3v) is 4.46. The molecule has 0 bridgehead atoms. The molecule has 0 aliphatic carbocycles. The van der Waals surface area contributed by atoms with Crippen LogP contribution in [-0.2, 0) is 0 Å². The van der Waals surface area contributed by atoms with Crippen molar-refractivity contribution < 1.29 is 4.79 Å². The smallest absolute Gasteiger partial charge is 0.276 e. The van der Waals surface area contributed by atoms with Gasteiger partial charge in [-0.3, -0.25) is 9.59 Å². The molecule has 1 amide bonds. The van der Waals surface area contributed by atoms with Gasteiger partial charge in [-0.1, -0.05) is 29.8 Å². The Morgan fingerprint density at radius 3 is 2.44 bits per heavy atom. The largest absolute Gasteiger partial charge is 0.376 e. The van der Waals surface area contributed by atoms with E-state index >= 15 is 0 Å². The Hall–Kier alpha value is -2.86. The van der Waals surface area contributed by atoms with E-state index in [9.17, 15) is 9.59 Å². The molecule has 0 atom stereocenters. The van der Waals surface area contributed by atoms with Crippen LogP contribution < -0.4 is 15.8 Å². The molecule has 6 nitrogen and oxygen atoms in total. The summed E-state index contributed by atoms with van der Waals surface area (Å²) in [6, 6.07) is 12.1. The fourth-order valence-corrected chi connectivity index (χ4v) is 3.08. The van der Waals surface area contributed by atoms with E-state index in [2.05, 4.69) is 10.4 Å². The summed E-state index contributed by atoms with van der Waals surface area (Å²) < 4.78 is 1.34. The van der Waals surface area contributed by atoms with E-state index in [1.807, 2.05) is 38.9 Å². The van der Waals surface area contributed by atoms with Gasteiger partial charge in [0.05, 0.1) is 22.8 Å². The lowest BCUT2D eigenvalue weighted by atomic mass is 10.1. The van der Waals surface area contributed by atoms with E-state index in [0.29, 0.717) is 21.5 Å². The summed E-state index contributed by atoms with van der Waals surface area (Å²) in [4.78, 5) is 27.6. The Labute approximate surface area is 162 Å². The number of carbonyl (C=O) groups excluding carboxylic acids is 1. The van der Waals surface area contributed by atoms with Crippen LogP contribution >= 0.6 is 11.6 Å². The summed E-state index contributed by atoms with van der Waals surface area (Å²) in [6.45, 7) is 3.71. The number of fused-ring (bicyclic) bond motifs is 1. The molecule has 0 saturated heterocycles. The van der Waals surface area contributed by atoms with Gasteiger partial charge in [-0.2, -0.15) is 5.10 Å². The Morgan fingerprint density at radius 2 is 1.81 bits per heavy atom. The topological polar surface area (TPSA) is 67.2 Å². The van der Waals surface area contributed by atoms with Crippen LogP contribution in [0.4, 0.5) is 11.4 Å². The molecule has 0 radical (unpaired) electrons. The van der Waals surface area contributed by atoms with Gasteiger partial charge >= 0.3 is 0 Å². The van der Waals surface area contributed by atoms with Crippen molar-refractivity contribution in [3.63, 3.8) is 0 Å². The number of hydrogen-bond donors (Lipinski definition) is 1. The van der Waals surface area contributed by atoms with Crippen LogP contribution in [0.1, 0.15) is 30.4 Å². The fourth-order valence-electron chi connectivity index (χ4n) is 2.90. The number of benzene rings is 2. The molecule has 0 saturated carbocycles. The van der Waals surface area contributed by atoms with Crippen molar-refractivity contribution in [1.29, 1.82) is 0 Å². The molecule has 2 aromatic carbocycles. The molecule has 0 fully saturated rings. The van der Waals surface area contributed by atoms with E-state index < -0.39 is 5.91 Å². The predicted molar refractivity (Wildman–Crippen MR) is 110 cm³/mol. The molecule has 1 aromatic heterocycles. The molecule has 3 rings (SSSR count). The van der Waals surface area contributed by atoms with Crippen molar-refractivity contribution in [3.8, 4) is 0 Å². The zero-order valence-electron chi connectivity index (χ0n) is 15.7. The number of halogens is 1. The summed E-state index contributed by atoms with van der Waals surface area (Å²) in [5.41, 5.74) is 1.37. The van der Waals surface area contributed by atoms with Crippen LogP contribution in [0.5, 0.6) is 0 Å². The molecule has 7 heteroatoms. The molecule has 27 heavy (non-hydrogen) atoms. The van der Waals surface area contributed by atoms with Crippen LogP contribution in [0, 0.1) is 0 Å². The second-order valence-electron chi connectivity index (χ2n) is 6.75. The zero-order valence-corrected chi connectivity index (χ0v) is 16.4. The first-order chi connectivity index (χ1) is 12.8. The summed E-state index contributed by atoms with van der Waals surface area (Å²) in [7, 11) is 3.76. The molecular weight excluding hydrogens is 364 g/mol. The van der Waals surface area contributed by atoms with Crippen molar-refractivity contribution in [2.24, 2.45) is 0 Å². The van der Waals surface area contributed by atoms with Crippen molar-refractivity contribution in [2.45, 2.75) is 19.9 Å². The Morgan fingerprint density at radius 1 is 1.15 bits per heavy atom. The van der Waals surface area contributed by atoms with Gasteiger partial charge in [0.25, 0.3) is 11.5 Å². The minimum Gasteiger partial charge on any atom is -0.376 e. The lowest BCUT2D eigenvalue weighted by molar-refractivity contribution is 0.102. The average molecular weight is 385 g/mol. The number of hydrogen-bond acceptors (Lipinski definition) is 4. The lowest BCUT2D eigenvalue weighted by Crippen LogP contribution is -2.29. The van der Waals surface area contributed by atoms with Gasteiger partial charge in [-0.05, 0) is 38.1 Å². The molecule has 1 N–H and O–H groups in total. The van der Waals surface area contributed by atoms with Gasteiger partial charge in [0, 0.05) is 24.5 Å². The minimum atomic E-state index is -0.397. The molecule has 0 unspecified atom stereocenters. The van der Waals surface area contributed by atoms with Gasteiger partial charge in [-0.25, -0.2) is 4.68 Å². The normalized spacial score (nSPS) is 11.0. The third-order valence-electron chi connectivity index (χ3n) is 4.22. The van der Waals surface area contributed by atoms with Crippen LogP contribution in [0.3, 0.4) is 0 Å². The van der Waals surface area contributed by atoms with E-state index in [4.69, 9.17) is 11.6 Å². The maximum absolute atomic E-state index is 13.0. The Bertz CT molecular complexity index is 1070. The maximum atomic E-state index is 13.0. The van der Waals surface area contributed by atoms with Gasteiger partial charge in [0.1, 0.15) is 0 Å². The van der Waals surface area contributed by atoms with E-state index in [1.165, 1.54) is 4.68 Å². The lowest BCUT2D eigenvalue weighted by Gasteiger charge is -2.19. The molecule has 1 heterocycles. The van der Waals surface area contributed by atoms with Crippen LogP contribution in [0.25, 0.3) is 10.8 Å². The highest BCUT2D eigenvalue weighted by Gasteiger charge is 2.19. The average Bonchev–Trinajstić information content (AvgIpc) is 2.61. The highest BCUT2D eigenvalue weighted by atomic mass is 35.5. The van der Waals surface area contributed by atoms with Crippen molar-refractivity contribution in [3.05, 3.63) is 63.5 Å². The predicted octanol–water partition coefficient (Wildman–Crippen LogP) is 3.95. The van der Waals surface area contributed by atoms with Crippen molar-refractivity contribution in [1.82, 2.24) is 9.78 Å². The summed E-state index contributed by atoms with van der Waals surface area (Å²) in [5.74, 6) is -0.397. The number of amides is 1. The first-order valence-corrected chi connectivity index (χ1v) is 8.97. The number of nitrogens with one attached hydrogen (secondary N) is 1. The van der Waals surface area contributed by atoms with Crippen molar-refractivity contribution in [2.75, 3.05) is 24.3 Å². The quantitative estimate of drug-likeness (QED) is 0.739. The Balaban J connectivity index is 2.14. The van der Waals surface area contributed by atoms with Crippen LogP contribution in [0.15, 0.2) is 47.3 Å². The number of nitrogens with zero attached hydrogens (tertiary/aromatic N) is 3. The number of anilines is 2. The van der Waals surface area contributed by atoms with Gasteiger partial charge < -0.3 is 10.2 Å². The summed E-state index contributed by atoms with van der Waals surface area (Å²) >= 11 is 6.10. The zero-order chi connectivity index (χ0) is 19.7. The van der Waals surface area contributed by atoms with Gasteiger partial charge in [0.15, 0.2) is 5.69 Å². The Kier molecular flexibility index (Phi) is 5.19. The molecule has 3 aromatic rings. The monoisotopic (exact) mass is 384 g/mol. The molecular formula is C20H21ClN4O2. The molecule has 0 spiro atoms. The second kappa shape index (κ2) is 7.40. The number of rotatable bonds is 4. The second-order valence-corrected chi connectivity index (χ2v) is 7.18.